The van der Waals surface area contributed by atoms with Crippen LogP contribution in [-0.2, 0) is 9.53 Å². The van der Waals surface area contributed by atoms with Crippen LogP contribution in [0, 0.1) is 19.3 Å². The summed E-state index contributed by atoms with van der Waals surface area (Å²) in [6.07, 6.45) is 3.78. The van der Waals surface area contributed by atoms with E-state index in [1.165, 1.54) is 16.8 Å². The van der Waals surface area contributed by atoms with E-state index < -0.39 is 0 Å². The number of esters is 1. The van der Waals surface area contributed by atoms with Crippen molar-refractivity contribution in [3.8, 4) is 0 Å². The molecule has 0 N–H and O–H groups in total. The summed E-state index contributed by atoms with van der Waals surface area (Å²) >= 11 is 0. The third-order valence-corrected chi connectivity index (χ3v) is 6.57. The van der Waals surface area contributed by atoms with Crippen molar-refractivity contribution in [2.75, 3.05) is 37.6 Å². The van der Waals surface area contributed by atoms with Crippen molar-refractivity contribution in [2.45, 2.75) is 59.5 Å². The van der Waals surface area contributed by atoms with Crippen LogP contribution >= 0.6 is 0 Å². The number of benzene rings is 1. The van der Waals surface area contributed by atoms with E-state index in [-0.39, 0.29) is 17.5 Å². The Morgan fingerprint density at radius 1 is 1.08 bits per heavy atom. The van der Waals surface area contributed by atoms with Gasteiger partial charge in [-0.1, -0.05) is 32.0 Å². The SMILES string of the molecule is CCC1(CC)C[C@H](CCN2CCN(c3c(C)cccc3C)CC2)OC1=O. The summed E-state index contributed by atoms with van der Waals surface area (Å²) in [6.45, 7) is 14.0. The standard InChI is InChI=1S/C22H34N2O2/c1-5-22(6-2)16-19(26-21(22)25)10-11-23-12-14-24(15-13-23)20-17(3)8-7-9-18(20)4/h7-9,19H,5-6,10-16H2,1-4H3/t19-/m0/s1. The van der Waals surface area contributed by atoms with Crippen LogP contribution in [-0.4, -0.2) is 49.7 Å². The fraction of sp³-hybridized carbons (Fsp3) is 0.682. The lowest BCUT2D eigenvalue weighted by molar-refractivity contribution is -0.149. The first kappa shape index (κ1) is 19.2. The lowest BCUT2D eigenvalue weighted by atomic mass is 9.79. The molecule has 144 valence electrons. The normalized spacial score (nSPS) is 23.3. The van der Waals surface area contributed by atoms with Gasteiger partial charge in [0, 0.05) is 44.8 Å². The average molecular weight is 359 g/mol. The highest BCUT2D eigenvalue weighted by Crippen LogP contribution is 2.41. The Bertz CT molecular complexity index is 611. The van der Waals surface area contributed by atoms with Gasteiger partial charge in [-0.2, -0.15) is 0 Å². The summed E-state index contributed by atoms with van der Waals surface area (Å²) in [7, 11) is 0. The minimum absolute atomic E-state index is 0.0346. The van der Waals surface area contributed by atoms with Crippen LogP contribution in [0.2, 0.25) is 0 Å². The zero-order chi connectivity index (χ0) is 18.7. The molecule has 2 aliphatic rings. The van der Waals surface area contributed by atoms with Crippen LogP contribution < -0.4 is 4.90 Å². The maximum absolute atomic E-state index is 12.2. The lowest BCUT2D eigenvalue weighted by Gasteiger charge is -2.37. The van der Waals surface area contributed by atoms with Gasteiger partial charge in [-0.25, -0.2) is 0 Å². The highest BCUT2D eigenvalue weighted by Gasteiger charge is 2.46. The van der Waals surface area contributed by atoms with Gasteiger partial charge >= 0.3 is 5.97 Å². The zero-order valence-corrected chi connectivity index (χ0v) is 16.9. The first-order chi connectivity index (χ1) is 12.5. The van der Waals surface area contributed by atoms with Crippen molar-refractivity contribution >= 4 is 11.7 Å². The van der Waals surface area contributed by atoms with E-state index in [1.54, 1.807) is 0 Å². The number of hydrogen-bond acceptors (Lipinski definition) is 4. The first-order valence-electron chi connectivity index (χ1n) is 10.2. The van der Waals surface area contributed by atoms with E-state index in [2.05, 4.69) is 55.7 Å². The van der Waals surface area contributed by atoms with Crippen molar-refractivity contribution < 1.29 is 9.53 Å². The molecule has 26 heavy (non-hydrogen) atoms. The predicted octanol–water partition coefficient (Wildman–Crippen LogP) is 3.94. The number of anilines is 1. The van der Waals surface area contributed by atoms with Crippen molar-refractivity contribution in [2.24, 2.45) is 5.41 Å². The second-order valence-corrected chi connectivity index (χ2v) is 8.08. The topological polar surface area (TPSA) is 32.8 Å². The van der Waals surface area contributed by atoms with Gasteiger partial charge in [0.25, 0.3) is 0 Å². The molecule has 2 saturated heterocycles. The quantitative estimate of drug-likeness (QED) is 0.721. The Morgan fingerprint density at radius 3 is 2.23 bits per heavy atom. The smallest absolute Gasteiger partial charge is 0.312 e. The number of aryl methyl sites for hydroxylation is 2. The lowest BCUT2D eigenvalue weighted by Crippen LogP contribution is -2.47. The van der Waals surface area contributed by atoms with Crippen molar-refractivity contribution in [3.05, 3.63) is 29.3 Å². The third-order valence-electron chi connectivity index (χ3n) is 6.57. The molecular weight excluding hydrogens is 324 g/mol. The van der Waals surface area contributed by atoms with Gasteiger partial charge in [-0.05, 0) is 44.2 Å². The van der Waals surface area contributed by atoms with Crippen LogP contribution in [0.4, 0.5) is 5.69 Å². The van der Waals surface area contributed by atoms with Gasteiger partial charge in [-0.15, -0.1) is 0 Å². The molecule has 0 saturated carbocycles. The van der Waals surface area contributed by atoms with Crippen molar-refractivity contribution in [1.29, 1.82) is 0 Å². The number of carbonyl (C=O) groups excluding carboxylic acids is 1. The molecule has 2 aliphatic heterocycles. The van der Waals surface area contributed by atoms with Crippen LogP contribution in [0.25, 0.3) is 0 Å². The summed E-state index contributed by atoms with van der Waals surface area (Å²) in [4.78, 5) is 17.3. The third kappa shape index (κ3) is 3.75. The van der Waals surface area contributed by atoms with Gasteiger partial charge < -0.3 is 9.64 Å². The molecule has 0 bridgehead atoms. The van der Waals surface area contributed by atoms with Gasteiger partial charge in [0.2, 0.25) is 0 Å². The molecule has 2 heterocycles. The summed E-state index contributed by atoms with van der Waals surface area (Å²) in [5.74, 6) is 0.0346. The Morgan fingerprint density at radius 2 is 1.69 bits per heavy atom. The number of hydrogen-bond donors (Lipinski definition) is 0. The van der Waals surface area contributed by atoms with E-state index in [0.717, 1.165) is 58.4 Å². The molecule has 3 rings (SSSR count). The maximum atomic E-state index is 12.2. The molecule has 1 aromatic rings. The van der Waals surface area contributed by atoms with Crippen LogP contribution in [0.5, 0.6) is 0 Å². The van der Waals surface area contributed by atoms with E-state index >= 15 is 0 Å². The number of cyclic esters (lactones) is 1. The number of ether oxygens (including phenoxy) is 1. The summed E-state index contributed by atoms with van der Waals surface area (Å²) in [5, 5.41) is 0. The summed E-state index contributed by atoms with van der Waals surface area (Å²) in [6, 6.07) is 6.55. The Labute approximate surface area is 158 Å². The zero-order valence-electron chi connectivity index (χ0n) is 16.9. The molecule has 1 atom stereocenters. The Kier molecular flexibility index (Phi) is 5.91. The molecule has 4 heteroatoms. The minimum atomic E-state index is -0.217. The monoisotopic (exact) mass is 358 g/mol. The van der Waals surface area contributed by atoms with Crippen LogP contribution in [0.1, 0.15) is 50.7 Å². The van der Waals surface area contributed by atoms with E-state index in [9.17, 15) is 4.79 Å². The Balaban J connectivity index is 1.49. The van der Waals surface area contributed by atoms with Gasteiger partial charge in [0.05, 0.1) is 5.41 Å². The number of nitrogens with zero attached hydrogens (tertiary/aromatic N) is 2. The highest BCUT2D eigenvalue weighted by atomic mass is 16.6. The van der Waals surface area contributed by atoms with Crippen molar-refractivity contribution in [3.63, 3.8) is 0 Å². The number of para-hydroxylation sites is 1. The Hall–Kier alpha value is -1.55. The van der Waals surface area contributed by atoms with Gasteiger partial charge in [0.1, 0.15) is 6.10 Å². The van der Waals surface area contributed by atoms with E-state index in [1.807, 2.05) is 0 Å². The second-order valence-electron chi connectivity index (χ2n) is 8.08. The second kappa shape index (κ2) is 7.99. The molecule has 0 spiro atoms. The van der Waals surface area contributed by atoms with E-state index in [0.29, 0.717) is 0 Å². The van der Waals surface area contributed by atoms with Crippen LogP contribution in [0.3, 0.4) is 0 Å². The van der Waals surface area contributed by atoms with Crippen molar-refractivity contribution in [1.82, 2.24) is 4.90 Å². The molecule has 0 unspecified atom stereocenters. The van der Waals surface area contributed by atoms with Gasteiger partial charge in [0.15, 0.2) is 0 Å². The highest BCUT2D eigenvalue weighted by molar-refractivity contribution is 5.78. The molecule has 4 nitrogen and oxygen atoms in total. The fourth-order valence-corrected chi connectivity index (χ4v) is 4.65. The number of rotatable bonds is 6. The molecule has 0 amide bonds. The predicted molar refractivity (Wildman–Crippen MR) is 107 cm³/mol. The largest absolute Gasteiger partial charge is 0.462 e. The molecule has 0 aliphatic carbocycles. The fourth-order valence-electron chi connectivity index (χ4n) is 4.65. The number of piperazine rings is 1. The molecule has 0 aromatic heterocycles. The first-order valence-corrected chi connectivity index (χ1v) is 10.2. The summed E-state index contributed by atoms with van der Waals surface area (Å²) < 4.78 is 5.70. The average Bonchev–Trinajstić information content (AvgIpc) is 2.97. The maximum Gasteiger partial charge on any atom is 0.312 e. The summed E-state index contributed by atoms with van der Waals surface area (Å²) in [5.41, 5.74) is 3.93. The van der Waals surface area contributed by atoms with Gasteiger partial charge in [-0.3, -0.25) is 9.69 Å². The minimum Gasteiger partial charge on any atom is -0.462 e. The van der Waals surface area contributed by atoms with Crippen LogP contribution in [0.15, 0.2) is 18.2 Å². The molecular formula is C22H34N2O2. The van der Waals surface area contributed by atoms with E-state index in [4.69, 9.17) is 4.74 Å². The number of carbonyl (C=O) groups is 1. The molecule has 0 radical (unpaired) electrons. The molecule has 2 fully saturated rings. The molecule has 1 aromatic carbocycles.